The molecule has 6 heteroatoms. The molecule has 0 atom stereocenters. The van der Waals surface area contributed by atoms with Gasteiger partial charge in [0.15, 0.2) is 0 Å². The first-order valence-electron chi connectivity index (χ1n) is 6.88. The number of fused-ring (bicyclic) bond motifs is 1. The number of carboxylic acid groups (broad SMARTS) is 1. The van der Waals surface area contributed by atoms with E-state index in [-0.39, 0.29) is 24.6 Å². The lowest BCUT2D eigenvalue weighted by Gasteiger charge is -2.12. The van der Waals surface area contributed by atoms with Crippen molar-refractivity contribution >= 4 is 22.8 Å². The molecule has 0 saturated carbocycles. The van der Waals surface area contributed by atoms with Crippen molar-refractivity contribution in [2.24, 2.45) is 0 Å². The Morgan fingerprint density at radius 3 is 2.41 bits per heavy atom. The van der Waals surface area contributed by atoms with Gasteiger partial charge in [0.05, 0.1) is 26.2 Å². The molecule has 1 aromatic carbocycles. The summed E-state index contributed by atoms with van der Waals surface area (Å²) in [6.45, 7) is 4.10. The predicted molar refractivity (Wildman–Crippen MR) is 81.6 cm³/mol. The fourth-order valence-corrected chi connectivity index (χ4v) is 2.57. The van der Waals surface area contributed by atoms with Gasteiger partial charge in [-0.2, -0.15) is 0 Å². The molecule has 1 aromatic heterocycles. The lowest BCUT2D eigenvalue weighted by molar-refractivity contribution is -0.140. The maximum absolute atomic E-state index is 11.5. The highest BCUT2D eigenvalue weighted by Gasteiger charge is 2.19. The molecule has 2 aromatic rings. The van der Waals surface area contributed by atoms with E-state index >= 15 is 0 Å². The molecule has 0 spiro atoms. The molecule has 0 unspecified atom stereocenters. The Labute approximate surface area is 128 Å². The first-order valence-corrected chi connectivity index (χ1v) is 6.88. The summed E-state index contributed by atoms with van der Waals surface area (Å²) < 4.78 is 11.6. The fraction of sp³-hybridized carbons (Fsp3) is 0.375. The number of nitrogens with zero attached hydrogens (tertiary/aromatic N) is 1. The Bertz CT molecular complexity index is 745. The first kappa shape index (κ1) is 15.9. The summed E-state index contributed by atoms with van der Waals surface area (Å²) in [6.07, 6.45) is 0.107. The van der Waals surface area contributed by atoms with Crippen molar-refractivity contribution < 1.29 is 24.2 Å². The molecule has 0 fully saturated rings. The van der Waals surface area contributed by atoms with Gasteiger partial charge in [-0.25, -0.2) is 4.79 Å². The van der Waals surface area contributed by atoms with Gasteiger partial charge in [-0.05, 0) is 31.0 Å². The Balaban J connectivity index is 2.65. The van der Waals surface area contributed by atoms with Crippen molar-refractivity contribution in [3.05, 3.63) is 29.0 Å². The van der Waals surface area contributed by atoms with Gasteiger partial charge < -0.3 is 19.1 Å². The zero-order chi connectivity index (χ0) is 16.4. The average Bonchev–Trinajstić information content (AvgIpc) is 2.87. The maximum Gasteiger partial charge on any atom is 0.352 e. The van der Waals surface area contributed by atoms with E-state index in [1.807, 2.05) is 13.8 Å². The van der Waals surface area contributed by atoms with Crippen LogP contribution in [-0.4, -0.2) is 35.8 Å². The van der Waals surface area contributed by atoms with Gasteiger partial charge in [-0.1, -0.05) is 0 Å². The maximum atomic E-state index is 11.5. The van der Waals surface area contributed by atoms with Crippen LogP contribution < -0.4 is 4.74 Å². The number of aromatic carboxylic acids is 1. The molecule has 0 aliphatic heterocycles. The van der Waals surface area contributed by atoms with Crippen molar-refractivity contribution in [1.82, 2.24) is 4.57 Å². The Kier molecular flexibility index (Phi) is 4.40. The van der Waals surface area contributed by atoms with E-state index in [1.54, 1.807) is 23.8 Å². The summed E-state index contributed by atoms with van der Waals surface area (Å²) in [4.78, 5) is 22.8. The molecule has 0 amide bonds. The van der Waals surface area contributed by atoms with Crippen LogP contribution in [0.3, 0.4) is 0 Å². The summed E-state index contributed by atoms with van der Waals surface area (Å²) in [5.74, 6) is -0.717. The second-order valence-corrected chi connectivity index (χ2v) is 5.07. The molecular weight excluding hydrogens is 286 g/mol. The molecule has 6 nitrogen and oxygen atoms in total. The van der Waals surface area contributed by atoms with Crippen LogP contribution in [0.4, 0.5) is 0 Å². The molecule has 0 aliphatic carbocycles. The van der Waals surface area contributed by atoms with Crippen molar-refractivity contribution in [1.29, 1.82) is 0 Å². The Morgan fingerprint density at radius 1 is 1.18 bits per heavy atom. The van der Waals surface area contributed by atoms with Crippen LogP contribution >= 0.6 is 0 Å². The topological polar surface area (TPSA) is 77.8 Å². The van der Waals surface area contributed by atoms with E-state index in [1.165, 1.54) is 7.11 Å². The molecule has 2 rings (SSSR count). The number of rotatable bonds is 5. The van der Waals surface area contributed by atoms with Crippen LogP contribution in [0.25, 0.3) is 10.9 Å². The fourth-order valence-electron chi connectivity index (χ4n) is 2.57. The van der Waals surface area contributed by atoms with Crippen molar-refractivity contribution in [2.75, 3.05) is 14.2 Å². The standard InChI is InChI=1S/C16H19NO5/c1-9-10(2)14(21-3)8-12-11(9)7-13(16(19)20)17(12)6-5-15(18)22-4/h7-8H,5-6H2,1-4H3,(H,19,20). The van der Waals surface area contributed by atoms with Gasteiger partial charge in [-0.15, -0.1) is 0 Å². The molecular formula is C16H19NO5. The Hall–Kier alpha value is -2.50. The van der Waals surface area contributed by atoms with Crippen LogP contribution in [-0.2, 0) is 16.1 Å². The van der Waals surface area contributed by atoms with E-state index < -0.39 is 5.97 Å². The number of benzene rings is 1. The number of carbonyl (C=O) groups is 2. The third-order valence-electron chi connectivity index (χ3n) is 3.95. The highest BCUT2D eigenvalue weighted by Crippen LogP contribution is 2.32. The number of esters is 1. The minimum Gasteiger partial charge on any atom is -0.496 e. The minimum atomic E-state index is -1.03. The second kappa shape index (κ2) is 6.09. The number of carbonyl (C=O) groups excluding carboxylic acids is 1. The van der Waals surface area contributed by atoms with Gasteiger partial charge in [-0.3, -0.25) is 4.79 Å². The van der Waals surface area contributed by atoms with Crippen molar-refractivity contribution in [3.8, 4) is 5.75 Å². The summed E-state index contributed by atoms with van der Waals surface area (Å²) >= 11 is 0. The first-order chi connectivity index (χ1) is 10.4. The van der Waals surface area contributed by atoms with E-state index in [0.29, 0.717) is 5.75 Å². The number of methoxy groups -OCH3 is 2. The number of ether oxygens (including phenoxy) is 2. The van der Waals surface area contributed by atoms with E-state index in [9.17, 15) is 14.7 Å². The lowest BCUT2D eigenvalue weighted by Crippen LogP contribution is -2.12. The largest absolute Gasteiger partial charge is 0.496 e. The smallest absolute Gasteiger partial charge is 0.352 e. The van der Waals surface area contributed by atoms with Gasteiger partial charge in [0.25, 0.3) is 0 Å². The summed E-state index contributed by atoms with van der Waals surface area (Å²) in [5.41, 5.74) is 2.82. The zero-order valence-electron chi connectivity index (χ0n) is 13.1. The summed E-state index contributed by atoms with van der Waals surface area (Å²) in [6, 6.07) is 3.44. The highest BCUT2D eigenvalue weighted by atomic mass is 16.5. The third kappa shape index (κ3) is 2.64. The molecule has 22 heavy (non-hydrogen) atoms. The second-order valence-electron chi connectivity index (χ2n) is 5.07. The predicted octanol–water partition coefficient (Wildman–Crippen LogP) is 2.53. The lowest BCUT2D eigenvalue weighted by atomic mass is 10.0. The van der Waals surface area contributed by atoms with Crippen molar-refractivity contribution in [3.63, 3.8) is 0 Å². The van der Waals surface area contributed by atoms with Gasteiger partial charge in [0.2, 0.25) is 0 Å². The molecule has 0 saturated heterocycles. The molecule has 0 aliphatic rings. The monoisotopic (exact) mass is 305 g/mol. The quantitative estimate of drug-likeness (QED) is 0.859. The number of carboxylic acids is 1. The van der Waals surface area contributed by atoms with Crippen LogP contribution in [0.1, 0.15) is 28.0 Å². The van der Waals surface area contributed by atoms with E-state index in [2.05, 4.69) is 4.74 Å². The highest BCUT2D eigenvalue weighted by molar-refractivity contribution is 5.97. The SMILES string of the molecule is COC(=O)CCn1c(C(=O)O)cc2c(C)c(C)c(OC)cc21. The molecule has 1 N–H and O–H groups in total. The molecule has 0 radical (unpaired) electrons. The Morgan fingerprint density at radius 2 is 1.86 bits per heavy atom. The number of hydrogen-bond donors (Lipinski definition) is 1. The molecule has 1 heterocycles. The normalized spacial score (nSPS) is 10.7. The number of hydrogen-bond acceptors (Lipinski definition) is 4. The molecule has 118 valence electrons. The van der Waals surface area contributed by atoms with Crippen molar-refractivity contribution in [2.45, 2.75) is 26.8 Å². The minimum absolute atomic E-state index is 0.107. The number of aryl methyl sites for hydroxylation is 2. The van der Waals surface area contributed by atoms with Crippen LogP contribution in [0.5, 0.6) is 5.75 Å². The van der Waals surface area contributed by atoms with Crippen LogP contribution in [0, 0.1) is 13.8 Å². The third-order valence-corrected chi connectivity index (χ3v) is 3.95. The zero-order valence-corrected chi connectivity index (χ0v) is 13.1. The summed E-state index contributed by atoms with van der Waals surface area (Å²) in [5, 5.41) is 10.3. The number of aromatic nitrogens is 1. The molecule has 0 bridgehead atoms. The van der Waals surface area contributed by atoms with Crippen LogP contribution in [0.2, 0.25) is 0 Å². The van der Waals surface area contributed by atoms with Gasteiger partial charge >= 0.3 is 11.9 Å². The average molecular weight is 305 g/mol. The van der Waals surface area contributed by atoms with Gasteiger partial charge in [0.1, 0.15) is 11.4 Å². The summed E-state index contributed by atoms with van der Waals surface area (Å²) in [7, 11) is 2.89. The van der Waals surface area contributed by atoms with E-state index in [0.717, 1.165) is 22.0 Å². The van der Waals surface area contributed by atoms with E-state index in [4.69, 9.17) is 4.74 Å². The van der Waals surface area contributed by atoms with Gasteiger partial charge in [0, 0.05) is 18.0 Å². The van der Waals surface area contributed by atoms with Crippen LogP contribution in [0.15, 0.2) is 12.1 Å².